The van der Waals surface area contributed by atoms with Gasteiger partial charge in [0.1, 0.15) is 0 Å². The SMILES string of the molecule is CC(C)(C)CCC(=O)NCCSSCCNC(=O)CCN(CCCCO)C(C)(C)C. The first kappa shape index (κ1) is 29.6. The lowest BCUT2D eigenvalue weighted by atomic mass is 9.90. The topological polar surface area (TPSA) is 81.7 Å². The van der Waals surface area contributed by atoms with Crippen LogP contribution >= 0.6 is 21.6 Å². The minimum Gasteiger partial charge on any atom is -0.396 e. The maximum atomic E-state index is 12.1. The number of rotatable bonds is 16. The first-order valence-corrected chi connectivity index (χ1v) is 13.6. The van der Waals surface area contributed by atoms with Gasteiger partial charge in [-0.3, -0.25) is 14.5 Å². The van der Waals surface area contributed by atoms with Gasteiger partial charge in [-0.05, 0) is 52.0 Å². The molecule has 0 aliphatic carbocycles. The molecule has 0 unspecified atom stereocenters. The van der Waals surface area contributed by atoms with E-state index in [1.54, 1.807) is 21.6 Å². The van der Waals surface area contributed by atoms with Crippen molar-refractivity contribution in [3.63, 3.8) is 0 Å². The highest BCUT2D eigenvalue weighted by molar-refractivity contribution is 8.76. The lowest BCUT2D eigenvalue weighted by Crippen LogP contribution is -2.44. The maximum Gasteiger partial charge on any atom is 0.221 e. The molecule has 0 atom stereocenters. The van der Waals surface area contributed by atoms with E-state index < -0.39 is 0 Å². The van der Waals surface area contributed by atoms with Gasteiger partial charge in [-0.1, -0.05) is 42.4 Å². The smallest absolute Gasteiger partial charge is 0.221 e. The summed E-state index contributed by atoms with van der Waals surface area (Å²) in [5.41, 5.74) is 0.210. The van der Waals surface area contributed by atoms with Crippen molar-refractivity contribution in [1.29, 1.82) is 0 Å². The summed E-state index contributed by atoms with van der Waals surface area (Å²) >= 11 is 0. The zero-order chi connectivity index (χ0) is 23.0. The minimum atomic E-state index is 0.0182. The number of unbranched alkanes of at least 4 members (excludes halogenated alkanes) is 1. The monoisotopic (exact) mass is 463 g/mol. The number of hydrogen-bond acceptors (Lipinski definition) is 6. The molecule has 0 saturated heterocycles. The molecule has 178 valence electrons. The summed E-state index contributed by atoms with van der Waals surface area (Å²) in [6.07, 6.45) is 3.72. The van der Waals surface area contributed by atoms with E-state index in [4.69, 9.17) is 5.11 Å². The normalized spacial score (nSPS) is 12.3. The minimum absolute atomic E-state index is 0.0182. The van der Waals surface area contributed by atoms with Crippen molar-refractivity contribution in [2.75, 3.05) is 44.3 Å². The van der Waals surface area contributed by atoms with Crippen molar-refractivity contribution in [2.24, 2.45) is 5.41 Å². The van der Waals surface area contributed by atoms with Gasteiger partial charge in [0.15, 0.2) is 0 Å². The van der Waals surface area contributed by atoms with E-state index in [-0.39, 0.29) is 29.4 Å². The van der Waals surface area contributed by atoms with Gasteiger partial charge in [-0.15, -0.1) is 0 Å². The second-order valence-electron chi connectivity index (χ2n) is 9.74. The molecule has 0 spiro atoms. The lowest BCUT2D eigenvalue weighted by Gasteiger charge is -2.35. The highest BCUT2D eigenvalue weighted by Gasteiger charge is 2.21. The Morgan fingerprint density at radius 3 is 1.83 bits per heavy atom. The molecule has 0 aliphatic heterocycles. The van der Waals surface area contributed by atoms with Crippen LogP contribution in [0, 0.1) is 5.41 Å². The van der Waals surface area contributed by atoms with Crippen LogP contribution in [0.25, 0.3) is 0 Å². The number of nitrogens with one attached hydrogen (secondary N) is 2. The molecule has 30 heavy (non-hydrogen) atoms. The van der Waals surface area contributed by atoms with Crippen LogP contribution in [0.3, 0.4) is 0 Å². The Kier molecular flexibility index (Phi) is 16.0. The van der Waals surface area contributed by atoms with Crippen LogP contribution in [0.1, 0.15) is 73.6 Å². The van der Waals surface area contributed by atoms with Crippen LogP contribution in [0.5, 0.6) is 0 Å². The number of aliphatic hydroxyl groups is 1. The van der Waals surface area contributed by atoms with Crippen molar-refractivity contribution in [2.45, 2.75) is 79.2 Å². The quantitative estimate of drug-likeness (QED) is 0.239. The average Bonchev–Trinajstić information content (AvgIpc) is 2.63. The molecule has 0 saturated carbocycles. The predicted molar refractivity (Wildman–Crippen MR) is 132 cm³/mol. The molecule has 0 aromatic rings. The van der Waals surface area contributed by atoms with Gasteiger partial charge in [-0.25, -0.2) is 0 Å². The largest absolute Gasteiger partial charge is 0.396 e. The van der Waals surface area contributed by atoms with Crippen LogP contribution in [-0.4, -0.2) is 71.7 Å². The van der Waals surface area contributed by atoms with Crippen molar-refractivity contribution >= 4 is 33.4 Å². The molecule has 3 N–H and O–H groups in total. The molecule has 0 aromatic heterocycles. The van der Waals surface area contributed by atoms with Crippen LogP contribution in [-0.2, 0) is 9.59 Å². The molecule has 0 fully saturated rings. The van der Waals surface area contributed by atoms with E-state index in [9.17, 15) is 9.59 Å². The first-order chi connectivity index (χ1) is 14.0. The van der Waals surface area contributed by atoms with E-state index >= 15 is 0 Å². The molecule has 0 radical (unpaired) electrons. The summed E-state index contributed by atoms with van der Waals surface area (Å²) < 4.78 is 0. The Morgan fingerprint density at radius 2 is 1.37 bits per heavy atom. The highest BCUT2D eigenvalue weighted by atomic mass is 33.1. The van der Waals surface area contributed by atoms with Gasteiger partial charge >= 0.3 is 0 Å². The Morgan fingerprint density at radius 1 is 0.833 bits per heavy atom. The van der Waals surface area contributed by atoms with Crippen LogP contribution in [0.15, 0.2) is 0 Å². The molecule has 6 nitrogen and oxygen atoms in total. The third-order valence-corrected chi connectivity index (χ3v) is 7.00. The first-order valence-electron chi connectivity index (χ1n) is 11.1. The number of aliphatic hydroxyl groups excluding tert-OH is 1. The van der Waals surface area contributed by atoms with Gasteiger partial charge in [0.25, 0.3) is 0 Å². The molecule has 0 aromatic carbocycles. The fourth-order valence-corrected chi connectivity index (χ4v) is 4.49. The molecule has 0 rings (SSSR count). The van der Waals surface area contributed by atoms with Crippen LogP contribution in [0.2, 0.25) is 0 Å². The van der Waals surface area contributed by atoms with E-state index in [1.807, 2.05) is 0 Å². The number of nitrogens with zero attached hydrogens (tertiary/aromatic N) is 1. The van der Waals surface area contributed by atoms with E-state index in [0.29, 0.717) is 25.9 Å². The lowest BCUT2D eigenvalue weighted by molar-refractivity contribution is -0.122. The summed E-state index contributed by atoms with van der Waals surface area (Å²) in [7, 11) is 3.45. The van der Waals surface area contributed by atoms with Crippen molar-refractivity contribution in [3.05, 3.63) is 0 Å². The summed E-state index contributed by atoms with van der Waals surface area (Å²) in [5.74, 6) is 1.94. The van der Waals surface area contributed by atoms with Crippen LogP contribution in [0.4, 0.5) is 0 Å². The molecular formula is C22H45N3O3S2. The van der Waals surface area contributed by atoms with E-state index in [2.05, 4.69) is 57.1 Å². The fourth-order valence-electron chi connectivity index (χ4n) is 2.68. The Balaban J connectivity index is 3.74. The third-order valence-electron chi connectivity index (χ3n) is 4.59. The Bertz CT molecular complexity index is 477. The van der Waals surface area contributed by atoms with Gasteiger partial charge < -0.3 is 15.7 Å². The van der Waals surface area contributed by atoms with Gasteiger partial charge in [0.2, 0.25) is 11.8 Å². The number of carbonyl (C=O) groups is 2. The van der Waals surface area contributed by atoms with Gasteiger partial charge in [0.05, 0.1) is 0 Å². The summed E-state index contributed by atoms with van der Waals surface area (Å²) in [4.78, 5) is 26.2. The average molecular weight is 464 g/mol. The third kappa shape index (κ3) is 18.3. The fraction of sp³-hybridized carbons (Fsp3) is 0.909. The summed E-state index contributed by atoms with van der Waals surface area (Å²) in [5, 5.41) is 14.9. The van der Waals surface area contributed by atoms with E-state index in [1.165, 1.54) is 0 Å². The standard InChI is InChI=1S/C22H45N3O3S2/c1-21(2,3)11-9-19(27)23-12-17-29-30-18-13-24-20(28)10-15-25(22(4,5)6)14-7-8-16-26/h26H,7-18H2,1-6H3,(H,23,27)(H,24,28). The zero-order valence-corrected chi connectivity index (χ0v) is 21.6. The summed E-state index contributed by atoms with van der Waals surface area (Å²) in [6.45, 7) is 16.1. The highest BCUT2D eigenvalue weighted by Crippen LogP contribution is 2.21. The predicted octanol–water partition coefficient (Wildman–Crippen LogP) is 3.69. The van der Waals surface area contributed by atoms with Crippen LogP contribution < -0.4 is 10.6 Å². The van der Waals surface area contributed by atoms with Crippen molar-refractivity contribution in [1.82, 2.24) is 15.5 Å². The van der Waals surface area contributed by atoms with Crippen molar-refractivity contribution in [3.8, 4) is 0 Å². The molecule has 0 bridgehead atoms. The van der Waals surface area contributed by atoms with E-state index in [0.717, 1.165) is 43.9 Å². The number of carbonyl (C=O) groups excluding carboxylic acids is 2. The van der Waals surface area contributed by atoms with Gasteiger partial charge in [0, 0.05) is 56.1 Å². The zero-order valence-electron chi connectivity index (χ0n) is 20.0. The number of hydrogen-bond donors (Lipinski definition) is 3. The Hall–Kier alpha value is -0.440. The van der Waals surface area contributed by atoms with Crippen molar-refractivity contribution < 1.29 is 14.7 Å². The van der Waals surface area contributed by atoms with Gasteiger partial charge in [-0.2, -0.15) is 0 Å². The maximum absolute atomic E-state index is 12.1. The molecule has 8 heteroatoms. The molecule has 0 aliphatic rings. The molecular weight excluding hydrogens is 418 g/mol. The number of amides is 2. The second-order valence-corrected chi connectivity index (χ2v) is 12.4. The molecule has 2 amide bonds. The Labute approximate surface area is 192 Å². The molecule has 0 heterocycles. The second kappa shape index (κ2) is 16.2. The summed E-state index contributed by atoms with van der Waals surface area (Å²) in [6, 6.07) is 0.